The lowest BCUT2D eigenvalue weighted by Gasteiger charge is -2.18. The zero-order valence-corrected chi connectivity index (χ0v) is 22.7. The maximum atomic E-state index is 13.8. The van der Waals surface area contributed by atoms with Gasteiger partial charge in [0.2, 0.25) is 13.3 Å². The van der Waals surface area contributed by atoms with Crippen LogP contribution in [0.2, 0.25) is 0 Å². The number of nitrogens with zero attached hydrogens (tertiary/aromatic N) is 2. The highest BCUT2D eigenvalue weighted by Gasteiger charge is 2.35. The molecule has 14 heteroatoms. The molecule has 1 unspecified atom stereocenters. The van der Waals surface area contributed by atoms with Crippen molar-refractivity contribution in [3.63, 3.8) is 0 Å². The molecule has 0 fully saturated rings. The molecule has 10 nitrogen and oxygen atoms in total. The summed E-state index contributed by atoms with van der Waals surface area (Å²) in [7, 11) is 1.40. The fourth-order valence-electron chi connectivity index (χ4n) is 3.55. The van der Waals surface area contributed by atoms with Crippen LogP contribution >= 0.6 is 7.37 Å². The summed E-state index contributed by atoms with van der Waals surface area (Å²) in [4.78, 5) is 20.1. The van der Waals surface area contributed by atoms with Crippen molar-refractivity contribution in [2.75, 3.05) is 51.8 Å². The smallest absolute Gasteiger partial charge is 0.421 e. The Morgan fingerprint density at radius 2 is 1.79 bits per heavy atom. The molecule has 0 aliphatic heterocycles. The zero-order chi connectivity index (χ0) is 28.6. The molecule has 1 atom stereocenters. The van der Waals surface area contributed by atoms with E-state index >= 15 is 0 Å². The molecule has 0 spiro atoms. The van der Waals surface area contributed by atoms with E-state index in [0.717, 1.165) is 0 Å². The average molecular weight is 568 g/mol. The summed E-state index contributed by atoms with van der Waals surface area (Å²) in [6.07, 6.45) is -3.98. The van der Waals surface area contributed by atoms with Gasteiger partial charge in [0.1, 0.15) is 17.1 Å². The second-order valence-electron chi connectivity index (χ2n) is 8.36. The van der Waals surface area contributed by atoms with Gasteiger partial charge in [0.15, 0.2) is 0 Å². The zero-order valence-electron chi connectivity index (χ0n) is 21.8. The Morgan fingerprint density at radius 3 is 2.46 bits per heavy atom. The molecule has 0 bridgehead atoms. The Bertz CT molecular complexity index is 1360. The predicted octanol–water partition coefficient (Wildman–Crippen LogP) is 5.42. The lowest BCUT2D eigenvalue weighted by atomic mass is 10.1. The lowest BCUT2D eigenvalue weighted by Crippen LogP contribution is -2.20. The molecule has 1 heterocycles. The summed E-state index contributed by atoms with van der Waals surface area (Å²) in [5.41, 5.74) is 0.184. The lowest BCUT2D eigenvalue weighted by molar-refractivity contribution is -0.137. The molecule has 1 aromatic heterocycles. The number of hydrogen-bond acceptors (Lipinski definition) is 9. The second-order valence-corrected chi connectivity index (χ2v) is 11.0. The van der Waals surface area contributed by atoms with Gasteiger partial charge >= 0.3 is 6.18 Å². The van der Waals surface area contributed by atoms with Gasteiger partial charge in [-0.15, -0.1) is 0 Å². The maximum Gasteiger partial charge on any atom is 0.421 e. The van der Waals surface area contributed by atoms with E-state index in [4.69, 9.17) is 14.0 Å². The van der Waals surface area contributed by atoms with E-state index in [0.29, 0.717) is 29.8 Å². The molecular formula is C25H29F3N5O5P. The van der Waals surface area contributed by atoms with Gasteiger partial charge in [-0.05, 0) is 29.8 Å². The van der Waals surface area contributed by atoms with Gasteiger partial charge in [-0.2, -0.15) is 18.2 Å². The van der Waals surface area contributed by atoms with E-state index in [2.05, 4.69) is 25.9 Å². The van der Waals surface area contributed by atoms with Crippen LogP contribution in [0, 0.1) is 0 Å². The number of nitrogens with one attached hydrogen (secondary N) is 3. The van der Waals surface area contributed by atoms with Gasteiger partial charge in [0.25, 0.3) is 5.91 Å². The molecule has 0 saturated carbocycles. The number of benzene rings is 2. The highest BCUT2D eigenvalue weighted by molar-refractivity contribution is 7.57. The minimum absolute atomic E-state index is 0.130. The fraction of sp³-hybridized carbons (Fsp3) is 0.320. The Morgan fingerprint density at radius 1 is 1.05 bits per heavy atom. The van der Waals surface area contributed by atoms with Crippen molar-refractivity contribution < 1.29 is 36.5 Å². The van der Waals surface area contributed by atoms with Crippen molar-refractivity contribution in [2.45, 2.75) is 12.3 Å². The number of halogens is 3. The van der Waals surface area contributed by atoms with Crippen LogP contribution in [0.1, 0.15) is 21.5 Å². The number of rotatable bonds is 12. The fourth-order valence-corrected chi connectivity index (χ4v) is 4.96. The van der Waals surface area contributed by atoms with Gasteiger partial charge < -0.3 is 29.9 Å². The largest absolute Gasteiger partial charge is 0.495 e. The summed E-state index contributed by atoms with van der Waals surface area (Å²) in [6.45, 7) is 2.02. The number of aromatic nitrogens is 2. The van der Waals surface area contributed by atoms with E-state index in [-0.39, 0.29) is 30.0 Å². The molecule has 39 heavy (non-hydrogen) atoms. The minimum Gasteiger partial charge on any atom is -0.495 e. The standard InChI is InChI=1S/C25H29F3N5O5P/c1-29-23(34)17-7-5-6-8-19(17)31-22-18(25(26,27)28)14-30-24(33-22)32-20-10-9-16(13-21(20)37-3)15-39(4,35)38-12-11-36-2/h5-10,13-14H,11-12,15H2,1-4H3,(H,29,34)(H2,30,31,32,33). The minimum atomic E-state index is -4.76. The molecule has 3 N–H and O–H groups in total. The van der Waals surface area contributed by atoms with Crippen molar-refractivity contribution in [3.8, 4) is 5.75 Å². The highest BCUT2D eigenvalue weighted by Crippen LogP contribution is 2.47. The first-order valence-electron chi connectivity index (χ1n) is 11.6. The molecule has 0 radical (unpaired) electrons. The third-order valence-corrected chi connectivity index (χ3v) is 7.05. The van der Waals surface area contributed by atoms with E-state index < -0.39 is 30.8 Å². The van der Waals surface area contributed by atoms with Crippen LogP contribution in [0.15, 0.2) is 48.7 Å². The molecule has 0 saturated heterocycles. The number of carbonyl (C=O) groups excluding carboxylic acids is 1. The number of alkyl halides is 3. The summed E-state index contributed by atoms with van der Waals surface area (Å²) < 4.78 is 69.8. The number of carbonyl (C=O) groups is 1. The van der Waals surface area contributed by atoms with Crippen LogP contribution < -0.4 is 20.7 Å². The third-order valence-electron chi connectivity index (χ3n) is 5.38. The summed E-state index contributed by atoms with van der Waals surface area (Å²) in [5.74, 6) is -0.859. The monoisotopic (exact) mass is 567 g/mol. The summed E-state index contributed by atoms with van der Waals surface area (Å²) in [5, 5.41) is 7.92. The van der Waals surface area contributed by atoms with Gasteiger partial charge in [0.05, 0.1) is 37.3 Å². The van der Waals surface area contributed by atoms with E-state index in [1.165, 1.54) is 40.1 Å². The van der Waals surface area contributed by atoms with Crippen LogP contribution in [0.25, 0.3) is 0 Å². The molecular weight excluding hydrogens is 538 g/mol. The maximum absolute atomic E-state index is 13.8. The number of ether oxygens (including phenoxy) is 2. The molecule has 0 aliphatic carbocycles. The van der Waals surface area contributed by atoms with E-state index in [1.807, 2.05) is 0 Å². The van der Waals surface area contributed by atoms with Crippen LogP contribution in [-0.4, -0.2) is 57.0 Å². The first kappa shape index (κ1) is 29.9. The Balaban J connectivity index is 1.90. The van der Waals surface area contributed by atoms with E-state index in [1.54, 1.807) is 30.3 Å². The van der Waals surface area contributed by atoms with Gasteiger partial charge in [-0.25, -0.2) is 4.98 Å². The third kappa shape index (κ3) is 8.16. The van der Waals surface area contributed by atoms with Crippen molar-refractivity contribution in [1.29, 1.82) is 0 Å². The highest BCUT2D eigenvalue weighted by atomic mass is 31.2. The SMILES string of the molecule is CNC(=O)c1ccccc1Nc1nc(Nc2ccc(CP(C)(=O)OCCOC)cc2OC)ncc1C(F)(F)F. The molecule has 2 aromatic carbocycles. The number of anilines is 4. The van der Waals surface area contributed by atoms with E-state index in [9.17, 15) is 22.5 Å². The Labute approximate surface area is 223 Å². The molecule has 3 rings (SSSR count). The summed E-state index contributed by atoms with van der Waals surface area (Å²) in [6, 6.07) is 11.0. The van der Waals surface area contributed by atoms with Crippen molar-refractivity contribution in [1.82, 2.24) is 15.3 Å². The van der Waals surface area contributed by atoms with Crippen molar-refractivity contribution >= 4 is 36.4 Å². The number of hydrogen-bond donors (Lipinski definition) is 3. The Hall–Kier alpha value is -3.67. The first-order valence-corrected chi connectivity index (χ1v) is 13.9. The molecule has 1 amide bonds. The van der Waals surface area contributed by atoms with Gasteiger partial charge in [-0.1, -0.05) is 18.2 Å². The molecule has 210 valence electrons. The van der Waals surface area contributed by atoms with Crippen molar-refractivity contribution in [2.24, 2.45) is 0 Å². The molecule has 0 aliphatic rings. The van der Waals surface area contributed by atoms with Crippen LogP contribution in [0.4, 0.5) is 36.3 Å². The normalized spacial score (nSPS) is 12.9. The number of methoxy groups -OCH3 is 2. The van der Waals surface area contributed by atoms with Gasteiger partial charge in [-0.3, -0.25) is 9.36 Å². The van der Waals surface area contributed by atoms with Crippen LogP contribution in [0.5, 0.6) is 5.75 Å². The predicted molar refractivity (Wildman–Crippen MR) is 141 cm³/mol. The number of amides is 1. The topological polar surface area (TPSA) is 124 Å². The second kappa shape index (κ2) is 12.9. The van der Waals surface area contributed by atoms with Crippen LogP contribution in [-0.2, 0) is 26.2 Å². The first-order chi connectivity index (χ1) is 18.5. The van der Waals surface area contributed by atoms with Crippen LogP contribution in [0.3, 0.4) is 0 Å². The number of para-hydroxylation sites is 1. The quantitative estimate of drug-likeness (QED) is 0.194. The van der Waals surface area contributed by atoms with Gasteiger partial charge in [0, 0.05) is 33.2 Å². The average Bonchev–Trinajstić information content (AvgIpc) is 2.88. The molecule has 3 aromatic rings. The van der Waals surface area contributed by atoms with Crippen molar-refractivity contribution in [3.05, 3.63) is 65.4 Å². The Kier molecular flexibility index (Phi) is 9.90. The summed E-state index contributed by atoms with van der Waals surface area (Å²) >= 11 is 0.